The van der Waals surface area contributed by atoms with E-state index in [0.717, 1.165) is 95.9 Å². The number of ether oxygens (including phenoxy) is 2. The van der Waals surface area contributed by atoms with Crippen LogP contribution in [0.1, 0.15) is 37.7 Å². The molecule has 4 rings (SSSR count). The van der Waals surface area contributed by atoms with E-state index in [-0.39, 0.29) is 11.9 Å². The van der Waals surface area contributed by atoms with Crippen LogP contribution in [0, 0.1) is 0 Å². The Morgan fingerprint density at radius 3 is 2.69 bits per heavy atom. The van der Waals surface area contributed by atoms with Crippen molar-refractivity contribution in [1.29, 1.82) is 0 Å². The van der Waals surface area contributed by atoms with Crippen molar-refractivity contribution in [3.05, 3.63) is 29.8 Å². The molecule has 3 fully saturated rings. The van der Waals surface area contributed by atoms with E-state index in [1.165, 1.54) is 0 Å². The summed E-state index contributed by atoms with van der Waals surface area (Å²) in [6.07, 6.45) is 5.13. The van der Waals surface area contributed by atoms with Crippen LogP contribution in [0.25, 0.3) is 0 Å². The fraction of sp³-hybridized carbons (Fsp3) is 0.696. The van der Waals surface area contributed by atoms with Crippen molar-refractivity contribution in [3.8, 4) is 5.75 Å². The maximum atomic E-state index is 13.4. The summed E-state index contributed by atoms with van der Waals surface area (Å²) in [4.78, 5) is 18.4. The van der Waals surface area contributed by atoms with Crippen LogP contribution in [0.3, 0.4) is 0 Å². The SMILES string of the molecule is COc1cccc(C2(C(=O)NC3CCN(CCN4CCOCC4)C3)CCCC2)c1. The molecule has 6 nitrogen and oxygen atoms in total. The molecule has 2 aliphatic heterocycles. The number of morpholine rings is 1. The van der Waals surface area contributed by atoms with Crippen LogP contribution < -0.4 is 10.1 Å². The Labute approximate surface area is 174 Å². The predicted molar refractivity (Wildman–Crippen MR) is 113 cm³/mol. The summed E-state index contributed by atoms with van der Waals surface area (Å²) in [5, 5.41) is 3.41. The highest BCUT2D eigenvalue weighted by Gasteiger charge is 2.43. The van der Waals surface area contributed by atoms with Crippen molar-refractivity contribution >= 4 is 5.91 Å². The molecule has 160 valence electrons. The standard InChI is InChI=1S/C23H35N3O3/c1-28-21-6-4-5-19(17-21)23(8-2-3-9-23)22(27)24-20-7-10-26(18-20)12-11-25-13-15-29-16-14-25/h4-6,17,20H,2-3,7-16,18H2,1H3,(H,24,27). The highest BCUT2D eigenvalue weighted by atomic mass is 16.5. The predicted octanol–water partition coefficient (Wildman–Crippen LogP) is 2.03. The quantitative estimate of drug-likeness (QED) is 0.758. The number of rotatable bonds is 7. The third-order valence-electron chi connectivity index (χ3n) is 6.96. The average molecular weight is 402 g/mol. The molecule has 2 heterocycles. The molecule has 1 amide bonds. The van der Waals surface area contributed by atoms with Gasteiger partial charge in [-0.2, -0.15) is 0 Å². The summed E-state index contributed by atoms with van der Waals surface area (Å²) in [5.74, 6) is 1.04. The number of hydrogen-bond acceptors (Lipinski definition) is 5. The summed E-state index contributed by atoms with van der Waals surface area (Å²) in [6.45, 7) is 7.99. The molecule has 0 aromatic heterocycles. The molecule has 1 aromatic rings. The van der Waals surface area contributed by atoms with E-state index < -0.39 is 5.41 Å². The van der Waals surface area contributed by atoms with Crippen LogP contribution in [-0.2, 0) is 14.9 Å². The highest BCUT2D eigenvalue weighted by molar-refractivity contribution is 5.89. The molecule has 1 unspecified atom stereocenters. The Bertz CT molecular complexity index is 684. The van der Waals surface area contributed by atoms with Gasteiger partial charge in [-0.1, -0.05) is 25.0 Å². The van der Waals surface area contributed by atoms with Crippen molar-refractivity contribution in [2.45, 2.75) is 43.6 Å². The van der Waals surface area contributed by atoms with Gasteiger partial charge in [-0.3, -0.25) is 14.6 Å². The second-order valence-electron chi connectivity index (χ2n) is 8.73. The number of carbonyl (C=O) groups excluding carboxylic acids is 1. The number of hydrogen-bond donors (Lipinski definition) is 1. The molecule has 1 saturated carbocycles. The molecular formula is C23H35N3O3. The lowest BCUT2D eigenvalue weighted by Crippen LogP contribution is -2.48. The molecule has 0 bridgehead atoms. The lowest BCUT2D eigenvalue weighted by Gasteiger charge is -2.30. The third kappa shape index (κ3) is 4.76. The first-order valence-corrected chi connectivity index (χ1v) is 11.2. The Morgan fingerprint density at radius 1 is 1.17 bits per heavy atom. The zero-order valence-corrected chi connectivity index (χ0v) is 17.7. The number of likely N-dealkylation sites (tertiary alicyclic amines) is 1. The molecule has 6 heteroatoms. The number of methoxy groups -OCH3 is 1. The first-order valence-electron chi connectivity index (χ1n) is 11.2. The minimum absolute atomic E-state index is 0.211. The number of amides is 1. The van der Waals surface area contributed by atoms with Gasteiger partial charge >= 0.3 is 0 Å². The molecule has 0 radical (unpaired) electrons. The maximum absolute atomic E-state index is 13.4. The van der Waals surface area contributed by atoms with E-state index in [9.17, 15) is 4.79 Å². The number of nitrogens with one attached hydrogen (secondary N) is 1. The van der Waals surface area contributed by atoms with Crippen molar-refractivity contribution < 1.29 is 14.3 Å². The van der Waals surface area contributed by atoms with Gasteiger partial charge in [-0.05, 0) is 37.0 Å². The van der Waals surface area contributed by atoms with Crippen LogP contribution in [-0.4, -0.2) is 81.3 Å². The molecule has 1 aromatic carbocycles. The lowest BCUT2D eigenvalue weighted by atomic mass is 9.77. The van der Waals surface area contributed by atoms with E-state index in [1.54, 1.807) is 7.11 Å². The summed E-state index contributed by atoms with van der Waals surface area (Å²) in [5.41, 5.74) is 0.712. The monoisotopic (exact) mass is 401 g/mol. The lowest BCUT2D eigenvalue weighted by molar-refractivity contribution is -0.127. The molecule has 0 spiro atoms. The van der Waals surface area contributed by atoms with Crippen molar-refractivity contribution in [1.82, 2.24) is 15.1 Å². The second-order valence-corrected chi connectivity index (χ2v) is 8.73. The molecule has 1 N–H and O–H groups in total. The van der Waals surface area contributed by atoms with Gasteiger partial charge in [-0.25, -0.2) is 0 Å². The largest absolute Gasteiger partial charge is 0.497 e. The Balaban J connectivity index is 1.33. The normalized spacial score (nSPS) is 25.2. The van der Waals surface area contributed by atoms with Gasteiger partial charge in [0.25, 0.3) is 0 Å². The number of carbonyl (C=O) groups is 1. The summed E-state index contributed by atoms with van der Waals surface area (Å²) in [6, 6.07) is 8.36. The molecule has 1 aliphatic carbocycles. The Morgan fingerprint density at radius 2 is 1.93 bits per heavy atom. The van der Waals surface area contributed by atoms with Crippen molar-refractivity contribution in [2.75, 3.05) is 59.6 Å². The molecule has 3 aliphatic rings. The third-order valence-corrected chi connectivity index (χ3v) is 6.96. The van der Waals surface area contributed by atoms with Gasteiger partial charge in [0, 0.05) is 45.3 Å². The topological polar surface area (TPSA) is 54.0 Å². The zero-order chi connectivity index (χ0) is 20.1. The van der Waals surface area contributed by atoms with Crippen LogP contribution in [0.2, 0.25) is 0 Å². The van der Waals surface area contributed by atoms with Gasteiger partial charge in [0.2, 0.25) is 5.91 Å². The van der Waals surface area contributed by atoms with Gasteiger partial charge in [0.15, 0.2) is 0 Å². The first kappa shape index (κ1) is 20.6. The summed E-state index contributed by atoms with van der Waals surface area (Å²) >= 11 is 0. The Hall–Kier alpha value is -1.63. The van der Waals surface area contributed by atoms with Crippen LogP contribution in [0.5, 0.6) is 5.75 Å². The van der Waals surface area contributed by atoms with E-state index in [0.29, 0.717) is 0 Å². The maximum Gasteiger partial charge on any atom is 0.230 e. The van der Waals surface area contributed by atoms with Crippen molar-refractivity contribution in [3.63, 3.8) is 0 Å². The zero-order valence-electron chi connectivity index (χ0n) is 17.7. The van der Waals surface area contributed by atoms with E-state index in [1.807, 2.05) is 18.2 Å². The molecule has 29 heavy (non-hydrogen) atoms. The average Bonchev–Trinajstić information content (AvgIpc) is 3.43. The highest BCUT2D eigenvalue weighted by Crippen LogP contribution is 2.42. The number of benzene rings is 1. The van der Waals surface area contributed by atoms with Gasteiger partial charge < -0.3 is 14.8 Å². The fourth-order valence-electron chi connectivity index (χ4n) is 5.13. The number of nitrogens with zero attached hydrogens (tertiary/aromatic N) is 2. The first-order chi connectivity index (χ1) is 14.2. The van der Waals surface area contributed by atoms with Crippen LogP contribution in [0.15, 0.2) is 24.3 Å². The summed E-state index contributed by atoms with van der Waals surface area (Å²) < 4.78 is 10.8. The molecule has 1 atom stereocenters. The second kappa shape index (κ2) is 9.45. The van der Waals surface area contributed by atoms with Gasteiger partial charge in [-0.15, -0.1) is 0 Å². The van der Waals surface area contributed by atoms with E-state index in [4.69, 9.17) is 9.47 Å². The minimum Gasteiger partial charge on any atom is -0.497 e. The fourth-order valence-corrected chi connectivity index (χ4v) is 5.13. The summed E-state index contributed by atoms with van der Waals surface area (Å²) in [7, 11) is 1.69. The van der Waals surface area contributed by atoms with Gasteiger partial charge in [0.1, 0.15) is 5.75 Å². The molecular weight excluding hydrogens is 366 g/mol. The smallest absolute Gasteiger partial charge is 0.230 e. The van der Waals surface area contributed by atoms with E-state index in [2.05, 4.69) is 21.2 Å². The van der Waals surface area contributed by atoms with Crippen LogP contribution in [0.4, 0.5) is 0 Å². The van der Waals surface area contributed by atoms with Gasteiger partial charge in [0.05, 0.1) is 25.7 Å². The molecule has 2 saturated heterocycles. The van der Waals surface area contributed by atoms with Crippen molar-refractivity contribution in [2.24, 2.45) is 0 Å². The Kier molecular flexibility index (Phi) is 6.73. The minimum atomic E-state index is -0.393. The van der Waals surface area contributed by atoms with E-state index >= 15 is 0 Å². The van der Waals surface area contributed by atoms with Crippen LogP contribution >= 0.6 is 0 Å².